The summed E-state index contributed by atoms with van der Waals surface area (Å²) in [6.45, 7) is 5.74. The Hall–Kier alpha value is -0.820. The fourth-order valence-electron chi connectivity index (χ4n) is 3.50. The number of rotatable bonds is 7. The first-order valence-electron chi connectivity index (χ1n) is 9.05. The third-order valence-electron chi connectivity index (χ3n) is 5.20. The van der Waals surface area contributed by atoms with Gasteiger partial charge in [0.2, 0.25) is 0 Å². The van der Waals surface area contributed by atoms with Crippen LogP contribution in [-0.4, -0.2) is 50.6 Å². The second kappa shape index (κ2) is 9.61. The second-order valence-electron chi connectivity index (χ2n) is 6.90. The van der Waals surface area contributed by atoms with Crippen molar-refractivity contribution in [3.05, 3.63) is 35.9 Å². The van der Waals surface area contributed by atoms with Crippen LogP contribution in [0.15, 0.2) is 35.3 Å². The zero-order valence-corrected chi connectivity index (χ0v) is 17.1. The molecule has 0 bridgehead atoms. The van der Waals surface area contributed by atoms with Gasteiger partial charge in [0.1, 0.15) is 0 Å². The van der Waals surface area contributed by atoms with Crippen molar-refractivity contribution in [2.24, 2.45) is 4.99 Å². The van der Waals surface area contributed by atoms with Crippen LogP contribution in [0.25, 0.3) is 0 Å². The zero-order valence-electron chi connectivity index (χ0n) is 14.8. The van der Waals surface area contributed by atoms with Gasteiger partial charge in [0.25, 0.3) is 0 Å². The lowest BCUT2D eigenvalue weighted by atomic mass is 9.96. The summed E-state index contributed by atoms with van der Waals surface area (Å²) >= 11 is 0. The number of hydrogen-bond donors (Lipinski definition) is 2. The van der Waals surface area contributed by atoms with E-state index in [1.807, 2.05) is 7.05 Å². The Bertz CT molecular complexity index is 507. The van der Waals surface area contributed by atoms with E-state index in [-0.39, 0.29) is 24.0 Å². The molecular weight excluding hydrogens is 411 g/mol. The first-order valence-corrected chi connectivity index (χ1v) is 9.05. The van der Waals surface area contributed by atoms with Crippen LogP contribution in [-0.2, 0) is 5.41 Å². The van der Waals surface area contributed by atoms with Gasteiger partial charge < -0.3 is 15.5 Å². The van der Waals surface area contributed by atoms with Crippen molar-refractivity contribution < 1.29 is 0 Å². The largest absolute Gasteiger partial charge is 0.356 e. The smallest absolute Gasteiger partial charge is 0.191 e. The number of aliphatic imine (C=N–C) groups is 1. The summed E-state index contributed by atoms with van der Waals surface area (Å²) in [6.07, 6.45) is 6.48. The molecule has 0 atom stereocenters. The lowest BCUT2D eigenvalue weighted by Crippen LogP contribution is -2.42. The van der Waals surface area contributed by atoms with Crippen molar-refractivity contribution in [3.8, 4) is 0 Å². The second-order valence-corrected chi connectivity index (χ2v) is 6.90. The molecule has 0 spiro atoms. The van der Waals surface area contributed by atoms with Crippen LogP contribution in [0.3, 0.4) is 0 Å². The number of benzene rings is 1. The monoisotopic (exact) mass is 442 g/mol. The van der Waals surface area contributed by atoms with Crippen molar-refractivity contribution in [2.75, 3.05) is 39.8 Å². The van der Waals surface area contributed by atoms with Crippen LogP contribution in [0.1, 0.15) is 37.7 Å². The molecule has 0 unspecified atom stereocenters. The van der Waals surface area contributed by atoms with Crippen molar-refractivity contribution in [1.29, 1.82) is 0 Å². The summed E-state index contributed by atoms with van der Waals surface area (Å²) in [5.41, 5.74) is 1.78. The van der Waals surface area contributed by atoms with E-state index in [2.05, 4.69) is 50.9 Å². The molecule has 2 fully saturated rings. The van der Waals surface area contributed by atoms with E-state index in [0.29, 0.717) is 5.41 Å². The summed E-state index contributed by atoms with van der Waals surface area (Å²) in [4.78, 5) is 6.92. The van der Waals surface area contributed by atoms with E-state index in [1.165, 1.54) is 57.3 Å². The minimum Gasteiger partial charge on any atom is -0.356 e. The van der Waals surface area contributed by atoms with Gasteiger partial charge in [-0.2, -0.15) is 0 Å². The van der Waals surface area contributed by atoms with E-state index in [0.717, 1.165) is 19.0 Å². The normalized spacial score (nSPS) is 19.6. The highest BCUT2D eigenvalue weighted by molar-refractivity contribution is 14.0. The van der Waals surface area contributed by atoms with Crippen LogP contribution in [0.5, 0.6) is 0 Å². The molecule has 0 aromatic heterocycles. The highest BCUT2D eigenvalue weighted by atomic mass is 127. The molecule has 24 heavy (non-hydrogen) atoms. The number of likely N-dealkylation sites (tertiary alicyclic amines) is 1. The molecule has 3 rings (SSSR count). The Kier molecular flexibility index (Phi) is 7.81. The predicted molar refractivity (Wildman–Crippen MR) is 112 cm³/mol. The molecule has 1 heterocycles. The van der Waals surface area contributed by atoms with E-state index in [4.69, 9.17) is 0 Å². The molecule has 1 aromatic carbocycles. The fraction of sp³-hybridized carbons (Fsp3) is 0.632. The molecule has 4 nitrogen and oxygen atoms in total. The van der Waals surface area contributed by atoms with Crippen LogP contribution >= 0.6 is 24.0 Å². The molecule has 1 saturated heterocycles. The van der Waals surface area contributed by atoms with Gasteiger partial charge in [-0.25, -0.2) is 0 Å². The lowest BCUT2D eigenvalue weighted by molar-refractivity contribution is 0.334. The molecule has 2 N–H and O–H groups in total. The number of hydrogen-bond acceptors (Lipinski definition) is 2. The molecule has 1 aliphatic carbocycles. The van der Waals surface area contributed by atoms with Gasteiger partial charge in [-0.05, 0) is 57.3 Å². The Morgan fingerprint density at radius 2 is 1.83 bits per heavy atom. The van der Waals surface area contributed by atoms with Crippen LogP contribution in [0, 0.1) is 0 Å². The minimum absolute atomic E-state index is 0. The quantitative estimate of drug-likeness (QED) is 0.295. The molecule has 0 amide bonds. The Morgan fingerprint density at radius 3 is 2.46 bits per heavy atom. The number of halogens is 1. The summed E-state index contributed by atoms with van der Waals surface area (Å²) in [5, 5.41) is 6.98. The molecule has 134 valence electrons. The Balaban J connectivity index is 0.00000208. The Labute approximate surface area is 163 Å². The maximum atomic E-state index is 4.36. The van der Waals surface area contributed by atoms with Crippen molar-refractivity contribution in [1.82, 2.24) is 15.5 Å². The predicted octanol–water partition coefficient (Wildman–Crippen LogP) is 2.99. The molecule has 1 aliphatic heterocycles. The van der Waals surface area contributed by atoms with E-state index in [1.54, 1.807) is 0 Å². The molecule has 5 heteroatoms. The molecular formula is C19H31IN4. The maximum absolute atomic E-state index is 4.36. The highest BCUT2D eigenvalue weighted by Crippen LogP contribution is 2.47. The van der Waals surface area contributed by atoms with Gasteiger partial charge in [-0.1, -0.05) is 30.3 Å². The number of nitrogens with one attached hydrogen (secondary N) is 2. The van der Waals surface area contributed by atoms with Gasteiger partial charge in [0.05, 0.1) is 0 Å². The van der Waals surface area contributed by atoms with Crippen LogP contribution in [0.4, 0.5) is 0 Å². The van der Waals surface area contributed by atoms with E-state index in [9.17, 15) is 0 Å². The van der Waals surface area contributed by atoms with Crippen molar-refractivity contribution in [3.63, 3.8) is 0 Å². The Morgan fingerprint density at radius 1 is 1.12 bits per heavy atom. The van der Waals surface area contributed by atoms with E-state index < -0.39 is 0 Å². The van der Waals surface area contributed by atoms with Crippen molar-refractivity contribution in [2.45, 2.75) is 37.5 Å². The topological polar surface area (TPSA) is 39.7 Å². The molecule has 0 radical (unpaired) electrons. The standard InChI is InChI=1S/C19H30N4.HI/c1-20-18(21-12-7-15-23-13-5-6-14-23)22-16-19(10-11-19)17-8-3-2-4-9-17;/h2-4,8-9H,5-7,10-16H2,1H3,(H2,20,21,22);1H. The first-order chi connectivity index (χ1) is 11.3. The van der Waals surface area contributed by atoms with Gasteiger partial charge in [0, 0.05) is 25.6 Å². The molecule has 1 saturated carbocycles. The molecule has 1 aromatic rings. The third-order valence-corrected chi connectivity index (χ3v) is 5.20. The minimum atomic E-state index is 0. The van der Waals surface area contributed by atoms with Crippen LogP contribution in [0.2, 0.25) is 0 Å². The number of nitrogens with zero attached hydrogens (tertiary/aromatic N) is 2. The molecule has 2 aliphatic rings. The van der Waals surface area contributed by atoms with Crippen molar-refractivity contribution >= 4 is 29.9 Å². The zero-order chi connectivity index (χ0) is 16.0. The highest BCUT2D eigenvalue weighted by Gasteiger charge is 2.43. The van der Waals surface area contributed by atoms with Gasteiger partial charge in [-0.3, -0.25) is 4.99 Å². The SMILES string of the molecule is CN=C(NCCCN1CCCC1)NCC1(c2ccccc2)CC1.I. The fourth-order valence-corrected chi connectivity index (χ4v) is 3.50. The summed E-state index contributed by atoms with van der Waals surface area (Å²) < 4.78 is 0. The van der Waals surface area contributed by atoms with E-state index >= 15 is 0 Å². The van der Waals surface area contributed by atoms with Gasteiger partial charge >= 0.3 is 0 Å². The lowest BCUT2D eigenvalue weighted by Gasteiger charge is -2.19. The third kappa shape index (κ3) is 5.34. The van der Waals surface area contributed by atoms with Gasteiger partial charge in [0.15, 0.2) is 5.96 Å². The van der Waals surface area contributed by atoms with Gasteiger partial charge in [-0.15, -0.1) is 24.0 Å². The summed E-state index contributed by atoms with van der Waals surface area (Å²) in [7, 11) is 1.86. The summed E-state index contributed by atoms with van der Waals surface area (Å²) in [6, 6.07) is 10.9. The average molecular weight is 442 g/mol. The summed E-state index contributed by atoms with van der Waals surface area (Å²) in [5.74, 6) is 0.939. The number of guanidine groups is 1. The first kappa shape index (κ1) is 19.5. The van der Waals surface area contributed by atoms with Crippen LogP contribution < -0.4 is 10.6 Å². The average Bonchev–Trinajstić information content (AvgIpc) is 3.21. The maximum Gasteiger partial charge on any atom is 0.191 e.